The summed E-state index contributed by atoms with van der Waals surface area (Å²) in [6.07, 6.45) is -4.58. The number of likely N-dealkylation sites (N-methyl/N-ethyl adjacent to an activating group) is 1. The Morgan fingerprint density at radius 2 is 1.74 bits per heavy atom. The van der Waals surface area contributed by atoms with Crippen molar-refractivity contribution in [2.24, 2.45) is 5.92 Å². The Kier molecular flexibility index (Phi) is 7.43. The molecule has 2 aromatic carbocycles. The number of nitrogens with zero attached hydrogens (tertiary/aromatic N) is 4. The molecule has 5 amide bonds. The van der Waals surface area contributed by atoms with Gasteiger partial charge in [0.2, 0.25) is 5.91 Å². The third-order valence-corrected chi connectivity index (χ3v) is 8.11. The molecule has 3 aromatic rings. The molecule has 1 aromatic heterocycles. The van der Waals surface area contributed by atoms with Crippen LogP contribution in [0.5, 0.6) is 0 Å². The second-order valence-electron chi connectivity index (χ2n) is 11.3. The zero-order valence-corrected chi connectivity index (χ0v) is 23.9. The normalized spacial score (nSPS) is 17.8. The molecule has 0 radical (unpaired) electrons. The number of rotatable bonds is 5. The Balaban J connectivity index is 1.36. The van der Waals surface area contributed by atoms with E-state index in [1.54, 1.807) is 39.0 Å². The third-order valence-electron chi connectivity index (χ3n) is 8.11. The van der Waals surface area contributed by atoms with Gasteiger partial charge >= 0.3 is 12.2 Å². The fraction of sp³-hybridized carbons (Fsp3) is 0.414. The number of likely N-dealkylation sites (tertiary alicyclic amines) is 1. The molecule has 2 fully saturated rings. The lowest BCUT2D eigenvalue weighted by Gasteiger charge is -2.43. The molecule has 2 saturated heterocycles. The first-order chi connectivity index (χ1) is 20.1. The van der Waals surface area contributed by atoms with Crippen LogP contribution < -0.4 is 10.2 Å². The van der Waals surface area contributed by atoms with Crippen molar-refractivity contribution in [2.75, 3.05) is 25.0 Å². The molecule has 228 valence electrons. The van der Waals surface area contributed by atoms with E-state index in [4.69, 9.17) is 0 Å². The quantitative estimate of drug-likeness (QED) is 0.335. The van der Waals surface area contributed by atoms with E-state index in [1.807, 2.05) is 0 Å². The number of aromatic nitrogens is 2. The summed E-state index contributed by atoms with van der Waals surface area (Å²) in [5.41, 5.74) is -1.38. The first-order valence-corrected chi connectivity index (χ1v) is 13.7. The number of alkyl halides is 3. The van der Waals surface area contributed by atoms with E-state index < -0.39 is 64.4 Å². The Morgan fingerprint density at radius 3 is 2.37 bits per heavy atom. The molecular formula is C29H30F4N6O4. The van der Waals surface area contributed by atoms with Crippen LogP contribution in [0.15, 0.2) is 36.4 Å². The van der Waals surface area contributed by atoms with Gasteiger partial charge in [-0.15, -0.1) is 0 Å². The minimum atomic E-state index is -4.79. The van der Waals surface area contributed by atoms with Gasteiger partial charge in [0.1, 0.15) is 23.2 Å². The highest BCUT2D eigenvalue weighted by molar-refractivity contribution is 6.17. The predicted octanol–water partition coefficient (Wildman–Crippen LogP) is 4.24. The zero-order valence-electron chi connectivity index (χ0n) is 23.9. The number of urea groups is 1. The fourth-order valence-corrected chi connectivity index (χ4v) is 5.79. The largest absolute Gasteiger partial charge is 0.416 e. The Bertz CT molecular complexity index is 1630. The van der Waals surface area contributed by atoms with E-state index in [9.17, 15) is 36.7 Å². The Morgan fingerprint density at radius 1 is 1.07 bits per heavy atom. The van der Waals surface area contributed by atoms with Crippen LogP contribution >= 0.6 is 0 Å². The number of aryl methyl sites for hydroxylation is 1. The van der Waals surface area contributed by atoms with Crippen molar-refractivity contribution < 1.29 is 36.7 Å². The number of imide groups is 1. The van der Waals surface area contributed by atoms with Crippen molar-refractivity contribution in [3.8, 4) is 0 Å². The van der Waals surface area contributed by atoms with Gasteiger partial charge in [0.05, 0.1) is 22.2 Å². The molecule has 2 aliphatic heterocycles. The van der Waals surface area contributed by atoms with Crippen LogP contribution in [-0.2, 0) is 15.8 Å². The number of hydrogen-bond acceptors (Lipinski definition) is 5. The average Bonchev–Trinajstić information content (AvgIpc) is 3.40. The number of H-pyrrole nitrogens is 1. The number of nitrogens with one attached hydrogen (secondary N) is 2. The molecule has 2 N–H and O–H groups in total. The molecular weight excluding hydrogens is 572 g/mol. The van der Waals surface area contributed by atoms with Crippen LogP contribution in [0.3, 0.4) is 0 Å². The number of aromatic amines is 1. The van der Waals surface area contributed by atoms with Crippen molar-refractivity contribution >= 4 is 40.5 Å². The minimum Gasteiger partial charge on any atom is -0.342 e. The number of anilines is 1. The summed E-state index contributed by atoms with van der Waals surface area (Å²) >= 11 is 0. The van der Waals surface area contributed by atoms with E-state index in [1.165, 1.54) is 16.8 Å². The topological polar surface area (TPSA) is 119 Å². The summed E-state index contributed by atoms with van der Waals surface area (Å²) in [7, 11) is 1.40. The highest BCUT2D eigenvalue weighted by atomic mass is 19.4. The number of amides is 5. The molecule has 14 heteroatoms. The van der Waals surface area contributed by atoms with Crippen molar-refractivity contribution in [2.45, 2.75) is 51.4 Å². The van der Waals surface area contributed by atoms with Gasteiger partial charge in [-0.05, 0) is 62.1 Å². The van der Waals surface area contributed by atoms with E-state index in [2.05, 4.69) is 15.3 Å². The number of halogens is 4. The van der Waals surface area contributed by atoms with Crippen molar-refractivity contribution in [1.82, 2.24) is 25.1 Å². The molecule has 5 rings (SSSR count). The smallest absolute Gasteiger partial charge is 0.342 e. The van der Waals surface area contributed by atoms with Gasteiger partial charge in [-0.2, -0.15) is 13.2 Å². The van der Waals surface area contributed by atoms with E-state index in [0.717, 1.165) is 4.90 Å². The summed E-state index contributed by atoms with van der Waals surface area (Å²) in [5, 5.41) is 2.40. The molecule has 43 heavy (non-hydrogen) atoms. The zero-order chi connectivity index (χ0) is 31.4. The van der Waals surface area contributed by atoms with Crippen LogP contribution in [-0.4, -0.2) is 75.2 Å². The van der Waals surface area contributed by atoms with E-state index in [0.29, 0.717) is 40.7 Å². The lowest BCUT2D eigenvalue weighted by Crippen LogP contribution is -2.60. The van der Waals surface area contributed by atoms with Gasteiger partial charge < -0.3 is 15.2 Å². The maximum Gasteiger partial charge on any atom is 0.416 e. The van der Waals surface area contributed by atoms with Gasteiger partial charge in [0, 0.05) is 25.8 Å². The van der Waals surface area contributed by atoms with Crippen molar-refractivity contribution in [3.63, 3.8) is 0 Å². The molecule has 2 aliphatic rings. The monoisotopic (exact) mass is 602 g/mol. The van der Waals surface area contributed by atoms with Crippen molar-refractivity contribution in [3.05, 3.63) is 59.2 Å². The Hall–Kier alpha value is -4.49. The minimum absolute atomic E-state index is 0.0601. The molecule has 0 saturated carbocycles. The summed E-state index contributed by atoms with van der Waals surface area (Å²) < 4.78 is 53.8. The van der Waals surface area contributed by atoms with Gasteiger partial charge in [-0.1, -0.05) is 13.8 Å². The molecule has 3 heterocycles. The number of fused-ring (bicyclic) bond motifs is 1. The number of carbonyl (C=O) groups excluding carboxylic acids is 4. The standard InChI is InChI=1S/C29H30F4N6O4/c1-15(2)23(36-24(40)19-13-17(29(31,32)33)5-7-20(19)30)25(41)38-11-9-28(10-12-38)26(42)37(4)27(43)39(28)18-6-8-21-22(14-18)35-16(3)34-21/h5-8,13-15,23H,9-12H2,1-4H3,(H,34,35)(H,36,40)/t23-/m1/s1. The number of piperidine rings is 1. The summed E-state index contributed by atoms with van der Waals surface area (Å²) in [6, 6.07) is 5.02. The fourth-order valence-electron chi connectivity index (χ4n) is 5.79. The van der Waals surface area contributed by atoms with Crippen LogP contribution in [0, 0.1) is 18.7 Å². The van der Waals surface area contributed by atoms with Gasteiger partial charge in [0.15, 0.2) is 0 Å². The van der Waals surface area contributed by atoms with Crippen molar-refractivity contribution in [1.29, 1.82) is 0 Å². The number of carbonyl (C=O) groups is 4. The second kappa shape index (κ2) is 10.7. The maximum absolute atomic E-state index is 14.4. The van der Waals surface area contributed by atoms with Crippen LogP contribution in [0.1, 0.15) is 48.4 Å². The van der Waals surface area contributed by atoms with Crippen LogP contribution in [0.2, 0.25) is 0 Å². The molecule has 10 nitrogen and oxygen atoms in total. The lowest BCUT2D eigenvalue weighted by molar-refractivity contribution is -0.139. The number of benzene rings is 2. The number of hydrogen-bond donors (Lipinski definition) is 2. The molecule has 1 atom stereocenters. The summed E-state index contributed by atoms with van der Waals surface area (Å²) in [4.78, 5) is 64.6. The maximum atomic E-state index is 14.4. The van der Waals surface area contributed by atoms with Gasteiger partial charge in [-0.25, -0.2) is 14.2 Å². The first-order valence-electron chi connectivity index (χ1n) is 13.7. The first kappa shape index (κ1) is 30.0. The molecule has 0 bridgehead atoms. The molecule has 1 spiro atoms. The van der Waals surface area contributed by atoms with E-state index >= 15 is 0 Å². The van der Waals surface area contributed by atoms with Gasteiger partial charge in [-0.3, -0.25) is 24.2 Å². The summed E-state index contributed by atoms with van der Waals surface area (Å²) in [6.45, 7) is 5.20. The highest BCUT2D eigenvalue weighted by Gasteiger charge is 2.58. The Labute approximate surface area is 244 Å². The van der Waals surface area contributed by atoms with Crippen LogP contribution in [0.25, 0.3) is 11.0 Å². The molecule has 0 unspecified atom stereocenters. The number of imidazole rings is 1. The van der Waals surface area contributed by atoms with E-state index in [-0.39, 0.29) is 25.9 Å². The predicted molar refractivity (Wildman–Crippen MR) is 148 cm³/mol. The highest BCUT2D eigenvalue weighted by Crippen LogP contribution is 2.41. The second-order valence-corrected chi connectivity index (χ2v) is 11.3. The molecule has 0 aliphatic carbocycles. The lowest BCUT2D eigenvalue weighted by atomic mass is 9.85. The third kappa shape index (κ3) is 5.19. The SMILES string of the molecule is Cc1nc2ccc(N3C(=O)N(C)C(=O)C34CCN(C(=O)[C@H](NC(=O)c3cc(C(F)(F)F)ccc3F)C(C)C)CC4)cc2[nH]1. The van der Waals surface area contributed by atoms with Crippen LogP contribution in [0.4, 0.5) is 28.0 Å². The summed E-state index contributed by atoms with van der Waals surface area (Å²) in [5.74, 6) is -3.05. The van der Waals surface area contributed by atoms with Gasteiger partial charge in [0.25, 0.3) is 11.8 Å². The average molecular weight is 603 g/mol.